The number of aromatic nitrogens is 2. The van der Waals surface area contributed by atoms with Gasteiger partial charge in [-0.2, -0.15) is 5.10 Å². The van der Waals surface area contributed by atoms with Gasteiger partial charge in [-0.25, -0.2) is 0 Å². The first-order valence-electron chi connectivity index (χ1n) is 6.47. The Hall–Kier alpha value is -0.100. The zero-order chi connectivity index (χ0) is 12.8. The predicted molar refractivity (Wildman–Crippen MR) is 81.6 cm³/mol. The van der Waals surface area contributed by atoms with E-state index in [9.17, 15) is 0 Å². The molecular formula is C13H24IN3. The molecule has 0 saturated heterocycles. The summed E-state index contributed by atoms with van der Waals surface area (Å²) in [7, 11) is 0. The standard InChI is InChI=1S/C13H24IN3/c1-5-11-7-12(17(6-2)16-11)9-15-13(8-14)10(3)4/h7,10,13,15H,5-6,8-9H2,1-4H3. The Morgan fingerprint density at radius 1 is 1.41 bits per heavy atom. The number of rotatable bonds is 7. The van der Waals surface area contributed by atoms with Crippen LogP contribution in [0.1, 0.15) is 39.1 Å². The van der Waals surface area contributed by atoms with E-state index in [1.54, 1.807) is 0 Å². The van der Waals surface area contributed by atoms with Crippen LogP contribution >= 0.6 is 22.6 Å². The van der Waals surface area contributed by atoms with Gasteiger partial charge in [-0.15, -0.1) is 0 Å². The van der Waals surface area contributed by atoms with Crippen LogP contribution < -0.4 is 5.32 Å². The monoisotopic (exact) mass is 349 g/mol. The smallest absolute Gasteiger partial charge is 0.0625 e. The maximum atomic E-state index is 4.57. The van der Waals surface area contributed by atoms with Gasteiger partial charge in [0, 0.05) is 23.6 Å². The third kappa shape index (κ3) is 4.25. The molecule has 98 valence electrons. The summed E-state index contributed by atoms with van der Waals surface area (Å²) in [5.41, 5.74) is 2.50. The van der Waals surface area contributed by atoms with Crippen molar-refractivity contribution < 1.29 is 0 Å². The van der Waals surface area contributed by atoms with Gasteiger partial charge in [-0.1, -0.05) is 43.4 Å². The maximum Gasteiger partial charge on any atom is 0.0625 e. The molecule has 3 nitrogen and oxygen atoms in total. The van der Waals surface area contributed by atoms with Gasteiger partial charge in [0.15, 0.2) is 0 Å². The van der Waals surface area contributed by atoms with Crippen molar-refractivity contribution in [2.45, 2.75) is 53.2 Å². The van der Waals surface area contributed by atoms with E-state index < -0.39 is 0 Å². The number of halogens is 1. The molecule has 0 aliphatic heterocycles. The van der Waals surface area contributed by atoms with Gasteiger partial charge in [0.1, 0.15) is 0 Å². The summed E-state index contributed by atoms with van der Waals surface area (Å²) in [4.78, 5) is 0. The Bertz CT molecular complexity index is 333. The molecule has 1 aromatic rings. The second kappa shape index (κ2) is 7.36. The van der Waals surface area contributed by atoms with Crippen molar-refractivity contribution in [3.63, 3.8) is 0 Å². The van der Waals surface area contributed by atoms with Crippen molar-refractivity contribution >= 4 is 22.6 Å². The molecule has 0 aromatic carbocycles. The number of hydrogen-bond acceptors (Lipinski definition) is 2. The van der Waals surface area contributed by atoms with Gasteiger partial charge in [0.2, 0.25) is 0 Å². The fourth-order valence-electron chi connectivity index (χ4n) is 1.81. The van der Waals surface area contributed by atoms with Crippen molar-refractivity contribution in [2.24, 2.45) is 5.92 Å². The van der Waals surface area contributed by atoms with Crippen LogP contribution in [0, 0.1) is 5.92 Å². The lowest BCUT2D eigenvalue weighted by Crippen LogP contribution is -2.35. The van der Waals surface area contributed by atoms with Gasteiger partial charge in [0.05, 0.1) is 11.4 Å². The van der Waals surface area contributed by atoms with E-state index in [-0.39, 0.29) is 0 Å². The predicted octanol–water partition coefficient (Wildman–Crippen LogP) is 3.01. The van der Waals surface area contributed by atoms with Crippen LogP contribution in [0.2, 0.25) is 0 Å². The lowest BCUT2D eigenvalue weighted by atomic mass is 10.1. The molecule has 0 amide bonds. The van der Waals surface area contributed by atoms with Gasteiger partial charge in [0.25, 0.3) is 0 Å². The number of alkyl halides is 1. The SMILES string of the molecule is CCc1cc(CNC(CI)C(C)C)n(CC)n1. The first-order chi connectivity index (χ1) is 8.12. The zero-order valence-corrected chi connectivity index (χ0v) is 13.5. The van der Waals surface area contributed by atoms with Crippen molar-refractivity contribution in [1.82, 2.24) is 15.1 Å². The van der Waals surface area contributed by atoms with Crippen molar-refractivity contribution in [2.75, 3.05) is 4.43 Å². The summed E-state index contributed by atoms with van der Waals surface area (Å²) in [5.74, 6) is 0.676. The third-order valence-corrected chi connectivity index (χ3v) is 4.04. The Kier molecular flexibility index (Phi) is 6.48. The molecule has 1 N–H and O–H groups in total. The number of nitrogens with one attached hydrogen (secondary N) is 1. The summed E-state index contributed by atoms with van der Waals surface area (Å²) in [6.07, 6.45) is 1.01. The summed E-state index contributed by atoms with van der Waals surface area (Å²) in [6, 6.07) is 2.81. The lowest BCUT2D eigenvalue weighted by molar-refractivity contribution is 0.426. The Balaban J connectivity index is 2.64. The second-order valence-electron chi connectivity index (χ2n) is 4.68. The average molecular weight is 349 g/mol. The van der Waals surface area contributed by atoms with Gasteiger partial charge in [-0.05, 0) is 25.3 Å². The maximum absolute atomic E-state index is 4.57. The van der Waals surface area contributed by atoms with Crippen LogP contribution in [0.15, 0.2) is 6.07 Å². The highest BCUT2D eigenvalue weighted by Crippen LogP contribution is 2.09. The van der Waals surface area contributed by atoms with Crippen molar-refractivity contribution in [3.8, 4) is 0 Å². The van der Waals surface area contributed by atoms with Crippen LogP contribution in [0.3, 0.4) is 0 Å². The first-order valence-corrected chi connectivity index (χ1v) is 7.99. The molecule has 0 bridgehead atoms. The normalized spacial score (nSPS) is 13.3. The van der Waals surface area contributed by atoms with E-state index in [4.69, 9.17) is 0 Å². The minimum absolute atomic E-state index is 0.584. The number of hydrogen-bond donors (Lipinski definition) is 1. The van der Waals surface area contributed by atoms with Crippen molar-refractivity contribution in [1.29, 1.82) is 0 Å². The minimum Gasteiger partial charge on any atom is -0.307 e. The van der Waals surface area contributed by atoms with E-state index in [0.29, 0.717) is 12.0 Å². The molecule has 17 heavy (non-hydrogen) atoms. The molecule has 1 aromatic heterocycles. The topological polar surface area (TPSA) is 29.9 Å². The molecule has 0 saturated carbocycles. The molecule has 0 aliphatic rings. The lowest BCUT2D eigenvalue weighted by Gasteiger charge is -2.20. The molecule has 4 heteroatoms. The Morgan fingerprint density at radius 2 is 2.12 bits per heavy atom. The summed E-state index contributed by atoms with van der Waals surface area (Å²) in [5, 5.41) is 8.20. The molecule has 1 heterocycles. The molecule has 1 rings (SSSR count). The molecule has 0 aliphatic carbocycles. The summed E-state index contributed by atoms with van der Waals surface area (Å²) >= 11 is 2.45. The fraction of sp³-hybridized carbons (Fsp3) is 0.769. The van der Waals surface area contributed by atoms with E-state index >= 15 is 0 Å². The highest BCUT2D eigenvalue weighted by Gasteiger charge is 2.12. The average Bonchev–Trinajstić information content (AvgIpc) is 2.72. The van der Waals surface area contributed by atoms with Crippen LogP contribution in [-0.4, -0.2) is 20.2 Å². The molecule has 0 spiro atoms. The number of nitrogens with zero attached hydrogens (tertiary/aromatic N) is 2. The minimum atomic E-state index is 0.584. The van der Waals surface area contributed by atoms with Crippen molar-refractivity contribution in [3.05, 3.63) is 17.5 Å². The molecular weight excluding hydrogens is 325 g/mol. The van der Waals surface area contributed by atoms with Crippen LogP contribution in [-0.2, 0) is 19.5 Å². The quantitative estimate of drug-likeness (QED) is 0.606. The van der Waals surface area contributed by atoms with Gasteiger partial charge >= 0.3 is 0 Å². The van der Waals surface area contributed by atoms with E-state index in [1.165, 1.54) is 11.4 Å². The van der Waals surface area contributed by atoms with Gasteiger partial charge in [-0.3, -0.25) is 4.68 Å². The largest absolute Gasteiger partial charge is 0.307 e. The summed E-state index contributed by atoms with van der Waals surface area (Å²) in [6.45, 7) is 10.7. The third-order valence-electron chi connectivity index (χ3n) is 3.09. The highest BCUT2D eigenvalue weighted by atomic mass is 127. The van der Waals surface area contributed by atoms with Crippen LogP contribution in [0.4, 0.5) is 0 Å². The molecule has 1 unspecified atom stereocenters. The van der Waals surface area contributed by atoms with Gasteiger partial charge < -0.3 is 5.32 Å². The zero-order valence-electron chi connectivity index (χ0n) is 11.3. The number of aryl methyl sites for hydroxylation is 2. The summed E-state index contributed by atoms with van der Waals surface area (Å²) < 4.78 is 3.26. The van der Waals surface area contributed by atoms with E-state index in [0.717, 1.165) is 23.9 Å². The first kappa shape index (κ1) is 15.0. The highest BCUT2D eigenvalue weighted by molar-refractivity contribution is 14.1. The second-order valence-corrected chi connectivity index (χ2v) is 5.56. The van der Waals surface area contributed by atoms with E-state index in [2.05, 4.69) is 71.4 Å². The molecule has 0 fully saturated rings. The molecule has 0 radical (unpaired) electrons. The molecule has 1 atom stereocenters. The Morgan fingerprint density at radius 3 is 2.59 bits per heavy atom. The Labute approximate surface area is 118 Å². The fourth-order valence-corrected chi connectivity index (χ4v) is 3.14. The van der Waals surface area contributed by atoms with Crippen LogP contribution in [0.5, 0.6) is 0 Å². The van der Waals surface area contributed by atoms with Crippen LogP contribution in [0.25, 0.3) is 0 Å². The van der Waals surface area contributed by atoms with E-state index in [1.807, 2.05) is 0 Å².